The summed E-state index contributed by atoms with van der Waals surface area (Å²) in [6.45, 7) is 6.29. The van der Waals surface area contributed by atoms with Crippen LogP contribution in [-0.2, 0) is 26.2 Å². The summed E-state index contributed by atoms with van der Waals surface area (Å²) in [5, 5.41) is 3.47. The van der Waals surface area contributed by atoms with E-state index in [1.54, 1.807) is 31.2 Å². The molecule has 0 fully saturated rings. The highest BCUT2D eigenvalue weighted by Crippen LogP contribution is 2.34. The van der Waals surface area contributed by atoms with Crippen LogP contribution in [0, 0.1) is 0 Å². The third-order valence-electron chi connectivity index (χ3n) is 5.39. The van der Waals surface area contributed by atoms with Gasteiger partial charge in [0.25, 0.3) is 0 Å². The number of nitrogens with zero attached hydrogens (tertiary/aromatic N) is 2. The summed E-state index contributed by atoms with van der Waals surface area (Å²) >= 11 is 12.7. The molecule has 0 radical (unpaired) electrons. The van der Waals surface area contributed by atoms with Gasteiger partial charge in [-0.2, -0.15) is 0 Å². The van der Waals surface area contributed by atoms with Crippen LogP contribution in [0.5, 0.6) is 11.5 Å². The third kappa shape index (κ3) is 8.15. The van der Waals surface area contributed by atoms with Gasteiger partial charge in [-0.25, -0.2) is 8.42 Å². The van der Waals surface area contributed by atoms with Gasteiger partial charge in [-0.05, 0) is 52.0 Å². The molecular formula is C25H33Cl2N3O6S. The van der Waals surface area contributed by atoms with Gasteiger partial charge in [-0.1, -0.05) is 29.3 Å². The Morgan fingerprint density at radius 1 is 1.05 bits per heavy atom. The van der Waals surface area contributed by atoms with Crippen LogP contribution in [0.25, 0.3) is 0 Å². The summed E-state index contributed by atoms with van der Waals surface area (Å²) in [5.74, 6) is -0.424. The van der Waals surface area contributed by atoms with Crippen LogP contribution in [0.1, 0.15) is 33.3 Å². The number of halogens is 2. The summed E-state index contributed by atoms with van der Waals surface area (Å²) < 4.78 is 37.1. The number of anilines is 1. The SMILES string of the molecule is COc1ccc(N(CC(=O)N(Cc2c(Cl)cccc2Cl)C(C)C(=O)NC(C)(C)C)S(C)(=O)=O)c(OC)c1. The van der Waals surface area contributed by atoms with Gasteiger partial charge in [0.15, 0.2) is 0 Å². The lowest BCUT2D eigenvalue weighted by Gasteiger charge is -2.33. The number of rotatable bonds is 10. The first-order chi connectivity index (χ1) is 17.1. The molecule has 204 valence electrons. The van der Waals surface area contributed by atoms with E-state index in [1.165, 1.54) is 31.3 Å². The van der Waals surface area contributed by atoms with E-state index in [-0.39, 0.29) is 18.0 Å². The smallest absolute Gasteiger partial charge is 0.244 e. The molecule has 1 atom stereocenters. The van der Waals surface area contributed by atoms with E-state index in [0.717, 1.165) is 10.6 Å². The highest BCUT2D eigenvalue weighted by molar-refractivity contribution is 7.92. The third-order valence-corrected chi connectivity index (χ3v) is 7.23. The van der Waals surface area contributed by atoms with E-state index in [4.69, 9.17) is 32.7 Å². The molecule has 9 nitrogen and oxygen atoms in total. The minimum Gasteiger partial charge on any atom is -0.497 e. The van der Waals surface area contributed by atoms with Crippen molar-refractivity contribution in [2.24, 2.45) is 0 Å². The molecule has 1 N–H and O–H groups in total. The summed E-state index contributed by atoms with van der Waals surface area (Å²) in [4.78, 5) is 28.0. The average Bonchev–Trinajstić information content (AvgIpc) is 2.79. The molecule has 0 bridgehead atoms. The highest BCUT2D eigenvalue weighted by atomic mass is 35.5. The lowest BCUT2D eigenvalue weighted by Crippen LogP contribution is -2.54. The van der Waals surface area contributed by atoms with Gasteiger partial charge < -0.3 is 19.7 Å². The van der Waals surface area contributed by atoms with E-state index in [9.17, 15) is 18.0 Å². The molecular weight excluding hydrogens is 541 g/mol. The predicted molar refractivity (Wildman–Crippen MR) is 146 cm³/mol. The minimum atomic E-state index is -3.95. The largest absolute Gasteiger partial charge is 0.497 e. The Labute approximate surface area is 228 Å². The van der Waals surface area contributed by atoms with Crippen LogP contribution in [0.4, 0.5) is 5.69 Å². The molecule has 0 aromatic heterocycles. The van der Waals surface area contributed by atoms with Crippen LogP contribution >= 0.6 is 23.2 Å². The van der Waals surface area contributed by atoms with E-state index in [2.05, 4.69) is 5.32 Å². The molecule has 2 amide bonds. The normalized spacial score (nSPS) is 12.5. The van der Waals surface area contributed by atoms with Gasteiger partial charge >= 0.3 is 0 Å². The monoisotopic (exact) mass is 573 g/mol. The zero-order chi connectivity index (χ0) is 28.1. The summed E-state index contributed by atoms with van der Waals surface area (Å²) in [5.41, 5.74) is 0.0151. The van der Waals surface area contributed by atoms with Crippen LogP contribution in [0.3, 0.4) is 0 Å². The van der Waals surface area contributed by atoms with Gasteiger partial charge in [-0.3, -0.25) is 13.9 Å². The first-order valence-corrected chi connectivity index (χ1v) is 13.9. The molecule has 0 saturated heterocycles. The first-order valence-electron chi connectivity index (χ1n) is 11.3. The number of nitrogens with one attached hydrogen (secondary N) is 1. The topological polar surface area (TPSA) is 105 Å². The Kier molecular flexibility index (Phi) is 10.1. The Morgan fingerprint density at radius 2 is 1.65 bits per heavy atom. The van der Waals surface area contributed by atoms with Crippen LogP contribution in [-0.4, -0.2) is 63.7 Å². The second-order valence-electron chi connectivity index (χ2n) is 9.44. The van der Waals surface area contributed by atoms with Crippen molar-refractivity contribution in [1.82, 2.24) is 10.2 Å². The molecule has 0 aliphatic heterocycles. The lowest BCUT2D eigenvalue weighted by atomic mass is 10.1. The molecule has 12 heteroatoms. The number of sulfonamides is 1. The Bertz CT molecular complexity index is 1230. The molecule has 37 heavy (non-hydrogen) atoms. The van der Waals surface area contributed by atoms with Crippen LogP contribution in [0.2, 0.25) is 10.0 Å². The number of benzene rings is 2. The molecule has 0 saturated carbocycles. The van der Waals surface area contributed by atoms with Crippen molar-refractivity contribution in [2.45, 2.75) is 45.8 Å². The van der Waals surface area contributed by atoms with Gasteiger partial charge in [0.05, 0.1) is 26.2 Å². The average molecular weight is 575 g/mol. The molecule has 2 aromatic carbocycles. The fraction of sp³-hybridized carbons (Fsp3) is 0.440. The standard InChI is InChI=1S/C25H33Cl2N3O6S/c1-16(24(32)28-25(2,3)4)29(14-18-19(26)9-8-10-20(18)27)23(31)15-30(37(7,33)34)21-12-11-17(35-5)13-22(21)36-6/h8-13,16H,14-15H2,1-7H3,(H,28,32). The zero-order valence-corrected chi connectivity index (χ0v) is 24.3. The maximum atomic E-state index is 13.7. The quantitative estimate of drug-likeness (QED) is 0.458. The highest BCUT2D eigenvalue weighted by Gasteiger charge is 2.33. The first kappa shape index (κ1) is 30.5. The maximum absolute atomic E-state index is 13.7. The number of methoxy groups -OCH3 is 2. The second kappa shape index (κ2) is 12.2. The maximum Gasteiger partial charge on any atom is 0.244 e. The number of hydrogen-bond acceptors (Lipinski definition) is 6. The van der Waals surface area contributed by atoms with Gasteiger partial charge in [0, 0.05) is 33.8 Å². The van der Waals surface area contributed by atoms with Crippen LogP contribution in [0.15, 0.2) is 36.4 Å². The zero-order valence-electron chi connectivity index (χ0n) is 22.0. The summed E-state index contributed by atoms with van der Waals surface area (Å²) in [6, 6.07) is 8.49. The van der Waals surface area contributed by atoms with E-state index < -0.39 is 40.0 Å². The number of amides is 2. The molecule has 0 aliphatic carbocycles. The van der Waals surface area contributed by atoms with E-state index >= 15 is 0 Å². The van der Waals surface area contributed by atoms with Gasteiger partial charge in [-0.15, -0.1) is 0 Å². The number of carbonyl (C=O) groups excluding carboxylic acids is 2. The molecule has 2 rings (SSSR count). The Morgan fingerprint density at radius 3 is 2.14 bits per heavy atom. The Balaban J connectivity index is 2.54. The van der Waals surface area contributed by atoms with Crippen molar-refractivity contribution in [1.29, 1.82) is 0 Å². The molecule has 0 aliphatic rings. The van der Waals surface area contributed by atoms with Crippen LogP contribution < -0.4 is 19.1 Å². The van der Waals surface area contributed by atoms with Crippen molar-refractivity contribution in [3.8, 4) is 11.5 Å². The molecule has 0 spiro atoms. The van der Waals surface area contributed by atoms with Crippen molar-refractivity contribution < 1.29 is 27.5 Å². The fourth-order valence-electron chi connectivity index (χ4n) is 3.50. The fourth-order valence-corrected chi connectivity index (χ4v) is 4.87. The predicted octanol–water partition coefficient (Wildman–Crippen LogP) is 4.11. The second-order valence-corrected chi connectivity index (χ2v) is 12.2. The number of hydrogen-bond donors (Lipinski definition) is 1. The lowest BCUT2D eigenvalue weighted by molar-refractivity contribution is -0.140. The summed E-state index contributed by atoms with van der Waals surface area (Å²) in [7, 11) is -1.10. The number of carbonyl (C=O) groups is 2. The van der Waals surface area contributed by atoms with Crippen molar-refractivity contribution in [2.75, 3.05) is 31.3 Å². The summed E-state index contributed by atoms with van der Waals surface area (Å²) in [6.07, 6.45) is 0.981. The molecule has 1 unspecified atom stereocenters. The van der Waals surface area contributed by atoms with Gasteiger partial charge in [0.2, 0.25) is 21.8 Å². The Hall–Kier alpha value is -2.69. The van der Waals surface area contributed by atoms with Crippen molar-refractivity contribution in [3.63, 3.8) is 0 Å². The number of ether oxygens (including phenoxy) is 2. The molecule has 2 aromatic rings. The van der Waals surface area contributed by atoms with Crippen molar-refractivity contribution >= 4 is 50.7 Å². The minimum absolute atomic E-state index is 0.118. The van der Waals surface area contributed by atoms with E-state index in [1.807, 2.05) is 20.8 Å². The van der Waals surface area contributed by atoms with E-state index in [0.29, 0.717) is 21.4 Å². The van der Waals surface area contributed by atoms with Crippen molar-refractivity contribution in [3.05, 3.63) is 52.0 Å². The molecule has 0 heterocycles. The van der Waals surface area contributed by atoms with Gasteiger partial charge in [0.1, 0.15) is 24.1 Å².